The van der Waals surface area contributed by atoms with Crippen molar-refractivity contribution in [1.82, 2.24) is 0 Å². The minimum atomic E-state index is -2.50. The van der Waals surface area contributed by atoms with Gasteiger partial charge in [-0.25, -0.2) is 0 Å². The van der Waals surface area contributed by atoms with E-state index in [0.29, 0.717) is 12.5 Å². The van der Waals surface area contributed by atoms with E-state index in [2.05, 4.69) is 6.58 Å². The molecule has 0 saturated heterocycles. The predicted octanol–water partition coefficient (Wildman–Crippen LogP) is 2.81. The van der Waals surface area contributed by atoms with Gasteiger partial charge in [-0.1, -0.05) is 13.5 Å². The number of aliphatic hydroxyl groups is 1. The topological polar surface area (TPSA) is 55.8 Å². The van der Waals surface area contributed by atoms with Crippen LogP contribution in [0, 0.1) is 0 Å². The highest BCUT2D eigenvalue weighted by Crippen LogP contribution is 2.29. The van der Waals surface area contributed by atoms with Crippen molar-refractivity contribution in [2.75, 3.05) is 6.61 Å². The largest absolute Gasteiger partial charge is 0.396 e. The second-order valence-corrected chi connectivity index (χ2v) is 8.91. The van der Waals surface area contributed by atoms with Gasteiger partial charge in [0, 0.05) is 12.7 Å². The Morgan fingerprint density at radius 1 is 1.47 bits per heavy atom. The number of aliphatic hydroxyl groups excluding tert-OH is 1. The van der Waals surface area contributed by atoms with Crippen molar-refractivity contribution >= 4 is 14.3 Å². The van der Waals surface area contributed by atoms with Crippen molar-refractivity contribution in [1.29, 1.82) is 0 Å². The Morgan fingerprint density at radius 2 is 2.05 bits per heavy atom. The molecule has 0 aromatic heterocycles. The summed E-state index contributed by atoms with van der Waals surface area (Å²) in [6, 6.07) is 1.44. The van der Waals surface area contributed by atoms with E-state index in [1.165, 1.54) is 6.08 Å². The molecule has 0 fully saturated rings. The van der Waals surface area contributed by atoms with E-state index in [9.17, 15) is 4.79 Å². The molecule has 1 unspecified atom stereocenters. The van der Waals surface area contributed by atoms with E-state index in [1.807, 2.05) is 20.8 Å². The summed E-state index contributed by atoms with van der Waals surface area (Å²) in [5.74, 6) is -0.144. The molecule has 0 aliphatic rings. The van der Waals surface area contributed by atoms with Crippen molar-refractivity contribution in [3.63, 3.8) is 0 Å². The van der Waals surface area contributed by atoms with E-state index in [1.54, 1.807) is 13.8 Å². The van der Waals surface area contributed by atoms with Gasteiger partial charge in [0.25, 0.3) is 0 Å². The van der Waals surface area contributed by atoms with Crippen LogP contribution in [0.1, 0.15) is 41.0 Å². The normalized spacial score (nSPS) is 15.3. The molecular weight excluding hydrogens is 260 g/mol. The lowest BCUT2D eigenvalue weighted by Crippen LogP contribution is -2.52. The van der Waals surface area contributed by atoms with Gasteiger partial charge >= 0.3 is 8.56 Å². The van der Waals surface area contributed by atoms with Crippen LogP contribution in [0.25, 0.3) is 0 Å². The fourth-order valence-corrected chi connectivity index (χ4v) is 5.52. The van der Waals surface area contributed by atoms with E-state index in [-0.39, 0.29) is 18.5 Å². The Bertz CT molecular complexity index is 302. The number of rotatable bonds is 10. The van der Waals surface area contributed by atoms with Crippen molar-refractivity contribution in [3.05, 3.63) is 12.7 Å². The monoisotopic (exact) mass is 288 g/mol. The average Bonchev–Trinajstić information content (AvgIpc) is 2.33. The van der Waals surface area contributed by atoms with Gasteiger partial charge in [-0.15, -0.1) is 0 Å². The van der Waals surface area contributed by atoms with Gasteiger partial charge in [0.05, 0.1) is 0 Å². The highest BCUT2D eigenvalue weighted by Gasteiger charge is 2.43. The summed E-state index contributed by atoms with van der Waals surface area (Å²) in [6.45, 7) is 13.0. The summed E-state index contributed by atoms with van der Waals surface area (Å²) in [7, 11) is -2.50. The van der Waals surface area contributed by atoms with Crippen molar-refractivity contribution in [3.8, 4) is 0 Å². The van der Waals surface area contributed by atoms with Gasteiger partial charge in [-0.2, -0.15) is 0 Å². The van der Waals surface area contributed by atoms with Crippen LogP contribution in [-0.4, -0.2) is 37.8 Å². The van der Waals surface area contributed by atoms with Crippen LogP contribution in [-0.2, 0) is 13.6 Å². The second-order valence-electron chi connectivity index (χ2n) is 5.44. The molecule has 0 amide bonds. The smallest absolute Gasteiger partial charge is 0.338 e. The number of hydrogen-bond acceptors (Lipinski definition) is 4. The number of carbonyl (C=O) groups excluding carboxylic acids is 1. The molecule has 0 bridgehead atoms. The minimum absolute atomic E-state index is 0.0416. The Labute approximate surface area is 118 Å². The van der Waals surface area contributed by atoms with E-state index in [4.69, 9.17) is 14.0 Å². The molecule has 19 heavy (non-hydrogen) atoms. The summed E-state index contributed by atoms with van der Waals surface area (Å²) in [5.41, 5.74) is -0.922. The lowest BCUT2D eigenvalue weighted by molar-refractivity contribution is -0.129. The van der Waals surface area contributed by atoms with E-state index < -0.39 is 14.2 Å². The Morgan fingerprint density at radius 3 is 2.42 bits per heavy atom. The number of hydrogen-bond donors (Lipinski definition) is 1. The zero-order valence-electron chi connectivity index (χ0n) is 12.9. The molecule has 1 N–H and O–H groups in total. The van der Waals surface area contributed by atoms with Crippen LogP contribution in [0.4, 0.5) is 0 Å². The van der Waals surface area contributed by atoms with E-state index >= 15 is 0 Å². The summed E-state index contributed by atoms with van der Waals surface area (Å²) in [6.07, 6.45) is 1.96. The van der Waals surface area contributed by atoms with Crippen LogP contribution >= 0.6 is 0 Å². The van der Waals surface area contributed by atoms with Gasteiger partial charge in [-0.3, -0.25) is 4.79 Å². The molecule has 1 atom stereocenters. The first-order valence-electron chi connectivity index (χ1n) is 6.88. The maximum Gasteiger partial charge on any atom is 0.338 e. The lowest BCUT2D eigenvalue weighted by Gasteiger charge is -2.38. The molecule has 112 valence electrons. The molecule has 5 heteroatoms. The Balaban J connectivity index is 5.10. The average molecular weight is 288 g/mol. The highest BCUT2D eigenvalue weighted by atomic mass is 28.4. The minimum Gasteiger partial charge on any atom is -0.396 e. The molecule has 0 radical (unpaired) electrons. The summed E-state index contributed by atoms with van der Waals surface area (Å²) in [4.78, 5) is 11.9. The highest BCUT2D eigenvalue weighted by molar-refractivity contribution is 6.67. The third kappa shape index (κ3) is 5.99. The molecule has 0 aromatic carbocycles. The number of carbonyl (C=O) groups is 1. The van der Waals surface area contributed by atoms with Crippen LogP contribution < -0.4 is 0 Å². The first-order chi connectivity index (χ1) is 8.73. The van der Waals surface area contributed by atoms with Gasteiger partial charge in [0.1, 0.15) is 5.60 Å². The van der Waals surface area contributed by atoms with Gasteiger partial charge in [0.15, 0.2) is 5.78 Å². The Kier molecular flexibility index (Phi) is 7.74. The first-order valence-corrected chi connectivity index (χ1v) is 9.11. The molecule has 0 rings (SSSR count). The SMILES string of the molecule is C=CC(=O)C(C)(C)O[Si](CC)(CCCO)OC(C)C. The number of ketones is 1. The van der Waals surface area contributed by atoms with Crippen molar-refractivity contribution in [2.45, 2.75) is 64.8 Å². The lowest BCUT2D eigenvalue weighted by atomic mass is 10.0. The summed E-state index contributed by atoms with van der Waals surface area (Å²) < 4.78 is 12.2. The van der Waals surface area contributed by atoms with Gasteiger partial charge < -0.3 is 14.0 Å². The van der Waals surface area contributed by atoms with E-state index in [0.717, 1.165) is 6.04 Å². The fourth-order valence-electron chi connectivity index (χ4n) is 2.01. The first kappa shape index (κ1) is 18.5. The molecule has 0 aliphatic heterocycles. The predicted molar refractivity (Wildman–Crippen MR) is 79.3 cm³/mol. The maximum absolute atomic E-state index is 11.9. The quantitative estimate of drug-likeness (QED) is 0.496. The standard InChI is InChI=1S/C14H28O4Si/c1-7-13(16)14(5,6)18-19(8-2,11-9-10-15)17-12(3)4/h7,12,15H,1,8-11H2,2-6H3. The molecule has 0 saturated carbocycles. The third-order valence-electron chi connectivity index (χ3n) is 2.92. The van der Waals surface area contributed by atoms with Crippen LogP contribution in [0.2, 0.25) is 12.1 Å². The van der Waals surface area contributed by atoms with Crippen LogP contribution in [0.15, 0.2) is 12.7 Å². The zero-order valence-corrected chi connectivity index (χ0v) is 13.9. The zero-order chi connectivity index (χ0) is 15.1. The van der Waals surface area contributed by atoms with Crippen molar-refractivity contribution in [2.24, 2.45) is 0 Å². The maximum atomic E-state index is 11.9. The Hall–Kier alpha value is -0.493. The summed E-state index contributed by atoms with van der Waals surface area (Å²) in [5, 5.41) is 9.04. The van der Waals surface area contributed by atoms with Crippen molar-refractivity contribution < 1.29 is 18.8 Å². The molecule has 0 heterocycles. The summed E-state index contributed by atoms with van der Waals surface area (Å²) >= 11 is 0. The molecule has 0 aromatic rings. The van der Waals surface area contributed by atoms with Crippen LogP contribution in [0.5, 0.6) is 0 Å². The van der Waals surface area contributed by atoms with Gasteiger partial charge in [0.2, 0.25) is 0 Å². The van der Waals surface area contributed by atoms with Gasteiger partial charge in [-0.05, 0) is 52.3 Å². The second kappa shape index (κ2) is 7.94. The molecule has 4 nitrogen and oxygen atoms in total. The van der Waals surface area contributed by atoms with Crippen LogP contribution in [0.3, 0.4) is 0 Å². The fraction of sp³-hybridized carbons (Fsp3) is 0.786. The molecule has 0 spiro atoms. The third-order valence-corrected chi connectivity index (χ3v) is 6.90. The molecular formula is C14H28O4Si. The molecule has 0 aliphatic carbocycles.